The summed E-state index contributed by atoms with van der Waals surface area (Å²) in [5, 5.41) is 7.75. The molecule has 0 saturated heterocycles. The van der Waals surface area contributed by atoms with Crippen LogP contribution >= 0.6 is 11.6 Å². The van der Waals surface area contributed by atoms with Gasteiger partial charge in [-0.05, 0) is 61.9 Å². The Bertz CT molecular complexity index is 1640. The van der Waals surface area contributed by atoms with Gasteiger partial charge in [-0.1, -0.05) is 59.6 Å². The lowest BCUT2D eigenvalue weighted by molar-refractivity contribution is 0.194. The molecule has 5 aromatic rings. The van der Waals surface area contributed by atoms with E-state index in [1.807, 2.05) is 79.3 Å². The molecule has 0 bridgehead atoms. The normalized spacial score (nSPS) is 14.5. The highest BCUT2D eigenvalue weighted by Crippen LogP contribution is 2.39. The number of nitrogens with one attached hydrogen (secondary N) is 1. The smallest absolute Gasteiger partial charge is 0.308 e. The highest BCUT2D eigenvalue weighted by molar-refractivity contribution is 6.31. The molecule has 1 N–H and O–H groups in total. The lowest BCUT2D eigenvalue weighted by Crippen LogP contribution is -2.38. The summed E-state index contributed by atoms with van der Waals surface area (Å²) in [6.45, 7) is 4.31. The number of hydrogen-bond acceptors (Lipinski definition) is 2. The molecule has 0 fully saturated rings. The van der Waals surface area contributed by atoms with Crippen molar-refractivity contribution in [3.8, 4) is 11.5 Å². The van der Waals surface area contributed by atoms with Gasteiger partial charge in [-0.25, -0.2) is 13.9 Å². The predicted molar refractivity (Wildman–Crippen MR) is 147 cm³/mol. The van der Waals surface area contributed by atoms with E-state index in [0.29, 0.717) is 12.2 Å². The first-order valence-electron chi connectivity index (χ1n) is 12.3. The average Bonchev–Trinajstić information content (AvgIpc) is 3.48. The lowest BCUT2D eigenvalue weighted by atomic mass is 10.0. The van der Waals surface area contributed by atoms with Gasteiger partial charge in [0, 0.05) is 17.4 Å². The van der Waals surface area contributed by atoms with E-state index in [9.17, 15) is 9.18 Å². The number of halogens is 2. The minimum Gasteiger partial charge on any atom is -0.308 e. The van der Waals surface area contributed by atoms with Crippen LogP contribution in [0.3, 0.4) is 0 Å². The van der Waals surface area contributed by atoms with Gasteiger partial charge in [0.2, 0.25) is 0 Å². The molecule has 0 saturated carbocycles. The Morgan fingerprint density at radius 3 is 2.50 bits per heavy atom. The van der Waals surface area contributed by atoms with E-state index in [0.717, 1.165) is 39.6 Å². The maximum atomic E-state index is 13.9. The molecule has 1 aliphatic heterocycles. The maximum Gasteiger partial charge on any atom is 0.322 e. The topological polar surface area (TPSA) is 55.1 Å². The van der Waals surface area contributed by atoms with E-state index in [-0.39, 0.29) is 11.1 Å². The summed E-state index contributed by atoms with van der Waals surface area (Å²) in [6, 6.07) is 25.6. The van der Waals surface area contributed by atoms with Crippen molar-refractivity contribution in [1.82, 2.24) is 19.2 Å². The van der Waals surface area contributed by atoms with E-state index in [4.69, 9.17) is 16.7 Å². The molecule has 38 heavy (non-hydrogen) atoms. The molecule has 1 unspecified atom stereocenters. The van der Waals surface area contributed by atoms with Crippen molar-refractivity contribution >= 4 is 23.3 Å². The number of aromatic nitrogens is 3. The number of anilines is 1. The fourth-order valence-electron chi connectivity index (χ4n) is 5.02. The van der Waals surface area contributed by atoms with Crippen molar-refractivity contribution < 1.29 is 9.18 Å². The van der Waals surface area contributed by atoms with Crippen LogP contribution < -0.4 is 5.32 Å². The molecule has 0 aliphatic carbocycles. The maximum absolute atomic E-state index is 13.9. The molecule has 8 heteroatoms. The monoisotopic (exact) mass is 525 g/mol. The van der Waals surface area contributed by atoms with Crippen LogP contribution in [0.5, 0.6) is 0 Å². The third-order valence-corrected chi connectivity index (χ3v) is 7.20. The zero-order valence-corrected chi connectivity index (χ0v) is 21.7. The number of nitrogens with zero attached hydrogens (tertiary/aromatic N) is 4. The molecule has 2 amide bonds. The summed E-state index contributed by atoms with van der Waals surface area (Å²) in [4.78, 5) is 15.7. The third-order valence-electron chi connectivity index (χ3n) is 6.91. The van der Waals surface area contributed by atoms with Gasteiger partial charge in [0.15, 0.2) is 0 Å². The second-order valence-corrected chi connectivity index (χ2v) is 9.85. The van der Waals surface area contributed by atoms with Gasteiger partial charge in [-0.15, -0.1) is 0 Å². The zero-order chi connectivity index (χ0) is 26.4. The fourth-order valence-corrected chi connectivity index (χ4v) is 5.20. The van der Waals surface area contributed by atoms with Gasteiger partial charge < -0.3 is 14.8 Å². The van der Waals surface area contributed by atoms with Crippen LogP contribution in [0, 0.1) is 19.7 Å². The Labute approximate surface area is 224 Å². The number of rotatable bonds is 3. The quantitative estimate of drug-likeness (QED) is 0.270. The van der Waals surface area contributed by atoms with Crippen LogP contribution in [0.1, 0.15) is 34.1 Å². The van der Waals surface area contributed by atoms with Crippen LogP contribution in [0.2, 0.25) is 5.02 Å². The molecule has 0 radical (unpaired) electrons. The molecule has 6 rings (SSSR count). The number of urea groups is 1. The first kappa shape index (κ1) is 24.0. The number of fused-ring (bicyclic) bond motifs is 3. The molecule has 1 atom stereocenters. The van der Waals surface area contributed by atoms with Crippen LogP contribution in [0.4, 0.5) is 14.9 Å². The molecule has 190 valence electrons. The van der Waals surface area contributed by atoms with Crippen molar-refractivity contribution in [2.45, 2.75) is 26.4 Å². The number of carbonyl (C=O) groups is 1. The molecule has 2 aromatic heterocycles. The van der Waals surface area contributed by atoms with E-state index >= 15 is 0 Å². The van der Waals surface area contributed by atoms with Crippen molar-refractivity contribution in [2.75, 3.05) is 5.32 Å². The number of amides is 2. The summed E-state index contributed by atoms with van der Waals surface area (Å²) < 4.78 is 17.8. The van der Waals surface area contributed by atoms with E-state index < -0.39 is 11.9 Å². The fraction of sp³-hybridized carbons (Fsp3) is 0.133. The third kappa shape index (κ3) is 4.15. The summed E-state index contributed by atoms with van der Waals surface area (Å²) in [7, 11) is 0. The largest absolute Gasteiger partial charge is 0.322 e. The van der Waals surface area contributed by atoms with Crippen molar-refractivity contribution in [3.05, 3.63) is 130 Å². The number of carbonyl (C=O) groups excluding carboxylic acids is 1. The number of benzene rings is 3. The van der Waals surface area contributed by atoms with Gasteiger partial charge >= 0.3 is 6.03 Å². The van der Waals surface area contributed by atoms with Crippen molar-refractivity contribution in [1.29, 1.82) is 0 Å². The molecular formula is C30H25ClFN5O. The van der Waals surface area contributed by atoms with Crippen molar-refractivity contribution in [2.24, 2.45) is 0 Å². The van der Waals surface area contributed by atoms with Crippen LogP contribution in [-0.4, -0.2) is 25.3 Å². The Kier molecular flexibility index (Phi) is 6.00. The first-order valence-corrected chi connectivity index (χ1v) is 12.7. The molecule has 6 nitrogen and oxygen atoms in total. The van der Waals surface area contributed by atoms with Gasteiger partial charge in [-0.2, -0.15) is 5.10 Å². The highest BCUT2D eigenvalue weighted by atomic mass is 35.5. The minimum absolute atomic E-state index is 0.0510. The second kappa shape index (κ2) is 9.50. The van der Waals surface area contributed by atoms with E-state index in [1.54, 1.807) is 4.90 Å². The average molecular weight is 526 g/mol. The second-order valence-electron chi connectivity index (χ2n) is 9.44. The van der Waals surface area contributed by atoms with Crippen LogP contribution in [-0.2, 0) is 6.54 Å². The van der Waals surface area contributed by atoms with Gasteiger partial charge in [0.05, 0.1) is 34.7 Å². The highest BCUT2D eigenvalue weighted by Gasteiger charge is 2.36. The number of aryl methyl sites for hydroxylation is 2. The van der Waals surface area contributed by atoms with Gasteiger partial charge in [-0.3, -0.25) is 0 Å². The Hall–Kier alpha value is -4.36. The van der Waals surface area contributed by atoms with Crippen LogP contribution in [0.15, 0.2) is 91.1 Å². The minimum atomic E-state index is -0.539. The standard InChI is InChI=1S/C30H25ClFN5O/c1-19-10-12-21(13-11-19)28-27-9-6-16-35(27)29-24(20(2)34-37(29)23-7-4-3-5-8-23)18-36(28)30(38)33-22-14-15-26(32)25(31)17-22/h3-17,28H,18H2,1-2H3,(H,33,38). The molecular weight excluding hydrogens is 501 g/mol. The Morgan fingerprint density at radius 2 is 1.76 bits per heavy atom. The number of hydrogen-bond donors (Lipinski definition) is 1. The number of para-hydroxylation sites is 1. The summed E-state index contributed by atoms with van der Waals surface area (Å²) in [5.41, 5.74) is 6.15. The predicted octanol–water partition coefficient (Wildman–Crippen LogP) is 7.21. The van der Waals surface area contributed by atoms with E-state index in [1.165, 1.54) is 18.2 Å². The van der Waals surface area contributed by atoms with Crippen LogP contribution in [0.25, 0.3) is 11.5 Å². The van der Waals surface area contributed by atoms with Gasteiger partial charge in [0.1, 0.15) is 11.6 Å². The molecule has 3 heterocycles. The lowest BCUT2D eigenvalue weighted by Gasteiger charge is -2.31. The first-order chi connectivity index (χ1) is 18.4. The molecule has 1 aliphatic rings. The molecule has 3 aromatic carbocycles. The zero-order valence-electron chi connectivity index (χ0n) is 20.9. The molecule has 0 spiro atoms. The van der Waals surface area contributed by atoms with E-state index in [2.05, 4.69) is 22.0 Å². The Balaban J connectivity index is 1.52. The summed E-state index contributed by atoms with van der Waals surface area (Å²) in [5.74, 6) is 0.356. The van der Waals surface area contributed by atoms with Gasteiger partial charge in [0.25, 0.3) is 0 Å². The summed E-state index contributed by atoms with van der Waals surface area (Å²) in [6.07, 6.45) is 2.01. The SMILES string of the molecule is Cc1ccc(C2c3cccn3-c3c(c(C)nn3-c3ccccc3)CN2C(=O)Nc2ccc(F)c(Cl)c2)cc1. The van der Waals surface area contributed by atoms with Crippen molar-refractivity contribution in [3.63, 3.8) is 0 Å². The summed E-state index contributed by atoms with van der Waals surface area (Å²) >= 11 is 6.00. The Morgan fingerprint density at radius 1 is 1.00 bits per heavy atom.